The molecule has 0 unspecified atom stereocenters. The summed E-state index contributed by atoms with van der Waals surface area (Å²) in [6.45, 7) is 4.98. The fraction of sp³-hybridized carbons (Fsp3) is 0.308. The van der Waals surface area contributed by atoms with E-state index in [0.29, 0.717) is 0 Å². The van der Waals surface area contributed by atoms with Gasteiger partial charge >= 0.3 is 0 Å². The van der Waals surface area contributed by atoms with E-state index in [2.05, 4.69) is 34.2 Å². The molecular formula is C13H16N4. The van der Waals surface area contributed by atoms with Gasteiger partial charge in [0.15, 0.2) is 0 Å². The number of aryl methyl sites for hydroxylation is 1. The molecule has 1 aliphatic heterocycles. The summed E-state index contributed by atoms with van der Waals surface area (Å²) < 4.78 is 0. The lowest BCUT2D eigenvalue weighted by Crippen LogP contribution is -2.15. The summed E-state index contributed by atoms with van der Waals surface area (Å²) in [5, 5.41) is 7.03. The molecule has 2 aromatic rings. The summed E-state index contributed by atoms with van der Waals surface area (Å²) in [6, 6.07) is 6.19. The Hall–Kier alpha value is -1.81. The Labute approximate surface area is 100 Å². The summed E-state index contributed by atoms with van der Waals surface area (Å²) in [5.74, 6) is 0. The molecule has 1 aromatic carbocycles. The van der Waals surface area contributed by atoms with Crippen molar-refractivity contribution in [2.24, 2.45) is 0 Å². The first-order valence-corrected chi connectivity index (χ1v) is 5.81. The zero-order valence-electron chi connectivity index (χ0n) is 9.90. The number of nitrogens with zero attached hydrogens (tertiary/aromatic N) is 2. The molecule has 0 radical (unpaired) electrons. The summed E-state index contributed by atoms with van der Waals surface area (Å²) in [6.07, 6.45) is 1.91. The monoisotopic (exact) mass is 228 g/mol. The highest BCUT2D eigenvalue weighted by Gasteiger charge is 2.19. The smallest absolute Gasteiger partial charge is 0.0535 e. The number of rotatable bonds is 2. The number of anilines is 1. The van der Waals surface area contributed by atoms with E-state index < -0.39 is 0 Å². The van der Waals surface area contributed by atoms with Crippen LogP contribution in [0.25, 0.3) is 0 Å². The Morgan fingerprint density at radius 2 is 2.18 bits per heavy atom. The average Bonchev–Trinajstić information content (AvgIpc) is 2.85. The maximum absolute atomic E-state index is 5.80. The van der Waals surface area contributed by atoms with E-state index in [0.717, 1.165) is 31.0 Å². The van der Waals surface area contributed by atoms with Crippen LogP contribution >= 0.6 is 0 Å². The molecule has 88 valence electrons. The molecule has 0 atom stereocenters. The lowest BCUT2D eigenvalue weighted by molar-refractivity contribution is 0.275. The molecule has 3 rings (SSSR count). The van der Waals surface area contributed by atoms with Gasteiger partial charge in [-0.05, 0) is 30.2 Å². The minimum atomic E-state index is 0.852. The molecule has 3 N–H and O–H groups in total. The first kappa shape index (κ1) is 10.4. The molecule has 0 saturated carbocycles. The molecular weight excluding hydrogens is 212 g/mol. The van der Waals surface area contributed by atoms with Crippen molar-refractivity contribution in [3.8, 4) is 0 Å². The van der Waals surface area contributed by atoms with Crippen LogP contribution in [0.5, 0.6) is 0 Å². The van der Waals surface area contributed by atoms with Gasteiger partial charge in [-0.1, -0.05) is 6.07 Å². The fourth-order valence-electron chi connectivity index (χ4n) is 2.37. The Bertz CT molecular complexity index is 544. The first-order chi connectivity index (χ1) is 8.22. The summed E-state index contributed by atoms with van der Waals surface area (Å²) >= 11 is 0. The van der Waals surface area contributed by atoms with Gasteiger partial charge in [0.05, 0.1) is 6.20 Å². The normalized spacial score (nSPS) is 15.1. The topological polar surface area (TPSA) is 57.9 Å². The fourth-order valence-corrected chi connectivity index (χ4v) is 2.37. The van der Waals surface area contributed by atoms with Crippen LogP contribution in [0, 0.1) is 6.92 Å². The standard InChI is InChI=1S/C13H16N4/c1-9-12(5-15-16-9)8-17-6-10-2-3-13(14)4-11(10)7-17/h2-5H,6-8,14H2,1H3,(H,15,16). The van der Waals surface area contributed by atoms with Crippen LogP contribution in [0.1, 0.15) is 22.4 Å². The number of benzene rings is 1. The van der Waals surface area contributed by atoms with Crippen molar-refractivity contribution < 1.29 is 0 Å². The van der Waals surface area contributed by atoms with Crippen molar-refractivity contribution in [2.75, 3.05) is 5.73 Å². The second-order valence-electron chi connectivity index (χ2n) is 4.69. The molecule has 1 aromatic heterocycles. The molecule has 17 heavy (non-hydrogen) atoms. The zero-order chi connectivity index (χ0) is 11.8. The predicted octanol–water partition coefficient (Wildman–Crippen LogP) is 1.82. The number of H-pyrrole nitrogens is 1. The molecule has 0 aliphatic carbocycles. The molecule has 0 amide bonds. The van der Waals surface area contributed by atoms with Crippen molar-refractivity contribution in [3.63, 3.8) is 0 Å². The van der Waals surface area contributed by atoms with Crippen LogP contribution in [0.15, 0.2) is 24.4 Å². The van der Waals surface area contributed by atoms with Gasteiger partial charge in [-0.15, -0.1) is 0 Å². The van der Waals surface area contributed by atoms with Gasteiger partial charge in [0.1, 0.15) is 0 Å². The number of hydrogen-bond acceptors (Lipinski definition) is 3. The summed E-state index contributed by atoms with van der Waals surface area (Å²) in [4.78, 5) is 2.40. The first-order valence-electron chi connectivity index (χ1n) is 5.81. The van der Waals surface area contributed by atoms with Crippen molar-refractivity contribution in [1.29, 1.82) is 0 Å². The number of fused-ring (bicyclic) bond motifs is 1. The van der Waals surface area contributed by atoms with Crippen LogP contribution in [-0.2, 0) is 19.6 Å². The van der Waals surface area contributed by atoms with Gasteiger partial charge in [0, 0.05) is 36.6 Å². The highest BCUT2D eigenvalue weighted by molar-refractivity contribution is 5.46. The van der Waals surface area contributed by atoms with Gasteiger partial charge in [-0.25, -0.2) is 0 Å². The van der Waals surface area contributed by atoms with Gasteiger partial charge < -0.3 is 5.73 Å². The average molecular weight is 228 g/mol. The van der Waals surface area contributed by atoms with Crippen LogP contribution < -0.4 is 5.73 Å². The molecule has 1 aliphatic rings. The van der Waals surface area contributed by atoms with Crippen molar-refractivity contribution in [2.45, 2.75) is 26.6 Å². The van der Waals surface area contributed by atoms with Crippen molar-refractivity contribution in [3.05, 3.63) is 46.8 Å². The van der Waals surface area contributed by atoms with Gasteiger partial charge in [0.25, 0.3) is 0 Å². The summed E-state index contributed by atoms with van der Waals surface area (Å²) in [7, 11) is 0. The van der Waals surface area contributed by atoms with E-state index in [1.807, 2.05) is 12.3 Å². The minimum absolute atomic E-state index is 0.852. The second-order valence-corrected chi connectivity index (χ2v) is 4.69. The zero-order valence-corrected chi connectivity index (χ0v) is 9.90. The highest BCUT2D eigenvalue weighted by atomic mass is 15.2. The van der Waals surface area contributed by atoms with Crippen LogP contribution in [-0.4, -0.2) is 15.1 Å². The Morgan fingerprint density at radius 1 is 1.35 bits per heavy atom. The van der Waals surface area contributed by atoms with E-state index in [-0.39, 0.29) is 0 Å². The maximum Gasteiger partial charge on any atom is 0.0535 e. The lowest BCUT2D eigenvalue weighted by Gasteiger charge is -2.13. The Kier molecular flexibility index (Phi) is 2.37. The number of aromatic amines is 1. The highest BCUT2D eigenvalue weighted by Crippen LogP contribution is 2.26. The Balaban J connectivity index is 1.76. The predicted molar refractivity (Wildman–Crippen MR) is 67.1 cm³/mol. The SMILES string of the molecule is Cc1[nH]ncc1CN1Cc2ccc(N)cc2C1. The number of nitrogen functional groups attached to an aromatic ring is 1. The third kappa shape index (κ3) is 1.91. The number of nitrogens with one attached hydrogen (secondary N) is 1. The second kappa shape index (κ2) is 3.89. The van der Waals surface area contributed by atoms with Gasteiger partial charge in [0.2, 0.25) is 0 Å². The van der Waals surface area contributed by atoms with E-state index in [4.69, 9.17) is 5.73 Å². The van der Waals surface area contributed by atoms with Crippen LogP contribution in [0.2, 0.25) is 0 Å². The molecule has 4 nitrogen and oxygen atoms in total. The molecule has 0 saturated heterocycles. The van der Waals surface area contributed by atoms with Crippen molar-refractivity contribution in [1.82, 2.24) is 15.1 Å². The molecule has 0 spiro atoms. The minimum Gasteiger partial charge on any atom is -0.399 e. The molecule has 0 fully saturated rings. The molecule has 0 bridgehead atoms. The molecule has 4 heteroatoms. The van der Waals surface area contributed by atoms with E-state index in [1.54, 1.807) is 0 Å². The Morgan fingerprint density at radius 3 is 2.94 bits per heavy atom. The third-order valence-electron chi connectivity index (χ3n) is 3.35. The lowest BCUT2D eigenvalue weighted by atomic mass is 10.1. The third-order valence-corrected chi connectivity index (χ3v) is 3.35. The molecule has 2 heterocycles. The maximum atomic E-state index is 5.80. The van der Waals surface area contributed by atoms with E-state index in [1.165, 1.54) is 16.7 Å². The van der Waals surface area contributed by atoms with Gasteiger partial charge in [-0.3, -0.25) is 10.00 Å². The quantitative estimate of drug-likeness (QED) is 0.771. The summed E-state index contributed by atoms with van der Waals surface area (Å²) in [5.41, 5.74) is 11.8. The largest absolute Gasteiger partial charge is 0.399 e. The van der Waals surface area contributed by atoms with Crippen LogP contribution in [0.3, 0.4) is 0 Å². The number of aromatic nitrogens is 2. The van der Waals surface area contributed by atoms with Crippen molar-refractivity contribution >= 4 is 5.69 Å². The van der Waals surface area contributed by atoms with Gasteiger partial charge in [-0.2, -0.15) is 5.10 Å². The number of nitrogens with two attached hydrogens (primary N) is 1. The number of hydrogen-bond donors (Lipinski definition) is 2. The van der Waals surface area contributed by atoms with Crippen LogP contribution in [0.4, 0.5) is 5.69 Å². The van der Waals surface area contributed by atoms with E-state index in [9.17, 15) is 0 Å². The van der Waals surface area contributed by atoms with E-state index >= 15 is 0 Å².